The highest BCUT2D eigenvalue weighted by molar-refractivity contribution is 5.88. The molecule has 0 fully saturated rings. The Morgan fingerprint density at radius 1 is 1.07 bits per heavy atom. The van der Waals surface area contributed by atoms with Gasteiger partial charge in [0, 0.05) is 17.7 Å². The monoisotopic (exact) mass is 393 g/mol. The average molecular weight is 393 g/mol. The van der Waals surface area contributed by atoms with Crippen LogP contribution in [0.1, 0.15) is 21.7 Å². The van der Waals surface area contributed by atoms with E-state index < -0.39 is 10.9 Å². The first kappa shape index (κ1) is 19.5. The lowest BCUT2D eigenvalue weighted by atomic mass is 10.1. The zero-order valence-corrected chi connectivity index (χ0v) is 14.9. The SMILES string of the molecule is O=C(Cc1ccc([N+](=O)[O-])cc1)NN=Cc1ccc(-c2ccc(C(=O)O)cc2)o1. The van der Waals surface area contributed by atoms with Crippen molar-refractivity contribution in [3.05, 3.63) is 87.7 Å². The van der Waals surface area contributed by atoms with Gasteiger partial charge in [-0.15, -0.1) is 0 Å². The smallest absolute Gasteiger partial charge is 0.335 e. The molecule has 0 saturated heterocycles. The van der Waals surface area contributed by atoms with E-state index in [0.29, 0.717) is 22.6 Å². The number of carbonyl (C=O) groups is 2. The van der Waals surface area contributed by atoms with Crippen molar-refractivity contribution in [1.29, 1.82) is 0 Å². The van der Waals surface area contributed by atoms with Crippen molar-refractivity contribution in [2.45, 2.75) is 6.42 Å². The second-order valence-electron chi connectivity index (χ2n) is 5.98. The van der Waals surface area contributed by atoms with E-state index in [1.165, 1.54) is 42.6 Å². The van der Waals surface area contributed by atoms with E-state index in [-0.39, 0.29) is 23.6 Å². The Balaban J connectivity index is 1.56. The Morgan fingerprint density at radius 3 is 2.38 bits per heavy atom. The van der Waals surface area contributed by atoms with Crippen molar-refractivity contribution in [2.75, 3.05) is 0 Å². The summed E-state index contributed by atoms with van der Waals surface area (Å²) in [5.74, 6) is -0.460. The molecule has 0 unspecified atom stereocenters. The minimum Gasteiger partial charge on any atom is -0.478 e. The molecule has 2 N–H and O–H groups in total. The third-order valence-corrected chi connectivity index (χ3v) is 3.94. The first-order chi connectivity index (χ1) is 13.9. The number of hydrogen-bond donors (Lipinski definition) is 2. The van der Waals surface area contributed by atoms with Gasteiger partial charge < -0.3 is 9.52 Å². The highest BCUT2D eigenvalue weighted by Gasteiger charge is 2.08. The van der Waals surface area contributed by atoms with Crippen molar-refractivity contribution in [1.82, 2.24) is 5.43 Å². The number of carboxylic acid groups (broad SMARTS) is 1. The number of rotatable bonds is 7. The number of furan rings is 1. The predicted octanol–water partition coefficient (Wildman–Crippen LogP) is 3.25. The first-order valence-electron chi connectivity index (χ1n) is 8.41. The van der Waals surface area contributed by atoms with Crippen LogP contribution in [0.15, 0.2) is 70.2 Å². The molecule has 1 aromatic heterocycles. The zero-order valence-electron chi connectivity index (χ0n) is 14.9. The Morgan fingerprint density at radius 2 is 1.76 bits per heavy atom. The molecule has 1 heterocycles. The molecule has 0 atom stereocenters. The highest BCUT2D eigenvalue weighted by Crippen LogP contribution is 2.22. The molecule has 29 heavy (non-hydrogen) atoms. The van der Waals surface area contributed by atoms with Crippen LogP contribution in [0.5, 0.6) is 0 Å². The number of carboxylic acids is 1. The Kier molecular flexibility index (Phi) is 5.79. The number of nitrogens with one attached hydrogen (secondary N) is 1. The van der Waals surface area contributed by atoms with Crippen LogP contribution >= 0.6 is 0 Å². The number of nitro benzene ring substituents is 1. The fourth-order valence-corrected chi connectivity index (χ4v) is 2.48. The van der Waals surface area contributed by atoms with Crippen LogP contribution in [0.4, 0.5) is 5.69 Å². The zero-order chi connectivity index (χ0) is 20.8. The van der Waals surface area contributed by atoms with Crippen molar-refractivity contribution in [3.63, 3.8) is 0 Å². The lowest BCUT2D eigenvalue weighted by Crippen LogP contribution is -2.19. The van der Waals surface area contributed by atoms with E-state index in [0.717, 1.165) is 0 Å². The summed E-state index contributed by atoms with van der Waals surface area (Å²) in [5, 5.41) is 23.4. The molecule has 9 nitrogen and oxygen atoms in total. The first-order valence-corrected chi connectivity index (χ1v) is 8.41. The maximum Gasteiger partial charge on any atom is 0.335 e. The van der Waals surface area contributed by atoms with Crippen LogP contribution in [-0.2, 0) is 11.2 Å². The van der Waals surface area contributed by atoms with E-state index >= 15 is 0 Å². The molecule has 9 heteroatoms. The van der Waals surface area contributed by atoms with Gasteiger partial charge in [-0.2, -0.15) is 5.10 Å². The van der Waals surface area contributed by atoms with Gasteiger partial charge in [0.1, 0.15) is 11.5 Å². The number of carbonyl (C=O) groups excluding carboxylic acids is 1. The van der Waals surface area contributed by atoms with Gasteiger partial charge in [0.05, 0.1) is 23.1 Å². The summed E-state index contributed by atoms with van der Waals surface area (Å²) in [6.45, 7) is 0. The fraction of sp³-hybridized carbons (Fsp3) is 0.0500. The number of aromatic carboxylic acids is 1. The molecule has 0 radical (unpaired) electrons. The lowest BCUT2D eigenvalue weighted by molar-refractivity contribution is -0.384. The van der Waals surface area contributed by atoms with Gasteiger partial charge in [0.2, 0.25) is 5.91 Å². The molecule has 3 aromatic rings. The molecule has 2 aromatic carbocycles. The summed E-state index contributed by atoms with van der Waals surface area (Å²) < 4.78 is 5.59. The van der Waals surface area contributed by atoms with Crippen LogP contribution in [0.2, 0.25) is 0 Å². The van der Waals surface area contributed by atoms with Gasteiger partial charge in [-0.05, 0) is 29.8 Å². The summed E-state index contributed by atoms with van der Waals surface area (Å²) >= 11 is 0. The van der Waals surface area contributed by atoms with Gasteiger partial charge in [-0.3, -0.25) is 14.9 Å². The van der Waals surface area contributed by atoms with E-state index in [1.807, 2.05) is 0 Å². The van der Waals surface area contributed by atoms with Gasteiger partial charge in [0.25, 0.3) is 5.69 Å². The van der Waals surface area contributed by atoms with Crippen molar-refractivity contribution < 1.29 is 24.0 Å². The number of nitrogens with zero attached hydrogens (tertiary/aromatic N) is 2. The number of hydrogen-bond acceptors (Lipinski definition) is 6. The number of non-ortho nitro benzene ring substituents is 1. The van der Waals surface area contributed by atoms with E-state index in [1.54, 1.807) is 24.3 Å². The standard InChI is InChI=1S/C20H15N3O6/c24-19(11-13-1-7-16(8-2-13)23(27)28)22-21-12-17-9-10-18(29-17)14-3-5-15(6-4-14)20(25)26/h1-10,12H,11H2,(H,22,24)(H,25,26). The van der Waals surface area contributed by atoms with Gasteiger partial charge in [-0.1, -0.05) is 24.3 Å². The van der Waals surface area contributed by atoms with E-state index in [4.69, 9.17) is 9.52 Å². The summed E-state index contributed by atoms with van der Waals surface area (Å²) in [5.41, 5.74) is 3.82. The highest BCUT2D eigenvalue weighted by atomic mass is 16.6. The average Bonchev–Trinajstić information content (AvgIpc) is 3.17. The third kappa shape index (κ3) is 5.13. The summed E-state index contributed by atoms with van der Waals surface area (Å²) in [7, 11) is 0. The van der Waals surface area contributed by atoms with Crippen LogP contribution in [0, 0.1) is 10.1 Å². The van der Waals surface area contributed by atoms with Crippen LogP contribution in [0.25, 0.3) is 11.3 Å². The van der Waals surface area contributed by atoms with Crippen LogP contribution in [-0.4, -0.2) is 28.1 Å². The second-order valence-corrected chi connectivity index (χ2v) is 5.98. The molecule has 0 aliphatic carbocycles. The Hall–Kier alpha value is -4.27. The Labute approximate surface area is 164 Å². The molecule has 0 saturated carbocycles. The number of hydrazone groups is 1. The predicted molar refractivity (Wildman–Crippen MR) is 104 cm³/mol. The van der Waals surface area contributed by atoms with Crippen LogP contribution < -0.4 is 5.43 Å². The largest absolute Gasteiger partial charge is 0.478 e. The lowest BCUT2D eigenvalue weighted by Gasteiger charge is -2.00. The molecule has 0 aliphatic heterocycles. The van der Waals surface area contributed by atoms with Gasteiger partial charge in [0.15, 0.2) is 0 Å². The van der Waals surface area contributed by atoms with Gasteiger partial charge in [-0.25, -0.2) is 10.2 Å². The van der Waals surface area contributed by atoms with Crippen molar-refractivity contribution in [3.8, 4) is 11.3 Å². The maximum absolute atomic E-state index is 11.9. The van der Waals surface area contributed by atoms with Crippen molar-refractivity contribution in [2.24, 2.45) is 5.10 Å². The minimum absolute atomic E-state index is 0.0225. The topological polar surface area (TPSA) is 135 Å². The number of nitro groups is 1. The molecule has 0 bridgehead atoms. The van der Waals surface area contributed by atoms with Crippen LogP contribution in [0.3, 0.4) is 0 Å². The quantitative estimate of drug-likeness (QED) is 0.359. The summed E-state index contributed by atoms with van der Waals surface area (Å²) in [6, 6.07) is 15.3. The molecule has 146 valence electrons. The number of amides is 1. The Bertz CT molecular complexity index is 1070. The maximum atomic E-state index is 11.9. The fourth-order valence-electron chi connectivity index (χ4n) is 2.48. The van der Waals surface area contributed by atoms with Gasteiger partial charge >= 0.3 is 5.97 Å². The molecule has 1 amide bonds. The van der Waals surface area contributed by atoms with E-state index in [2.05, 4.69) is 10.5 Å². The molecule has 0 spiro atoms. The molecule has 3 rings (SSSR count). The van der Waals surface area contributed by atoms with E-state index in [9.17, 15) is 19.7 Å². The second kappa shape index (κ2) is 8.61. The molecular weight excluding hydrogens is 378 g/mol. The summed E-state index contributed by atoms with van der Waals surface area (Å²) in [6.07, 6.45) is 1.36. The van der Waals surface area contributed by atoms with Crippen molar-refractivity contribution >= 4 is 23.8 Å². The molecular formula is C20H15N3O6. The minimum atomic E-state index is -1.01. The third-order valence-electron chi connectivity index (χ3n) is 3.94. The normalized spacial score (nSPS) is 10.8. The molecule has 0 aliphatic rings. The number of benzene rings is 2. The summed E-state index contributed by atoms with van der Waals surface area (Å²) in [4.78, 5) is 32.9.